The number of nitrogens with zero attached hydrogens (tertiary/aromatic N) is 1. The maximum atomic E-state index is 11.7. The average molecular weight is 271 g/mol. The third-order valence-electron chi connectivity index (χ3n) is 2.84. The van der Waals surface area contributed by atoms with Crippen LogP contribution in [0.4, 0.5) is 4.79 Å². The van der Waals surface area contributed by atoms with E-state index in [1.807, 2.05) is 0 Å². The van der Waals surface area contributed by atoms with E-state index < -0.39 is 18.0 Å². The standard InChI is InChI=1S/C11H21N5O3/c1-3-14-11(19)15-9(17)7-16-5-4-13-6-8(16)10(18)12-2/h8,13H,3-7H2,1-2H3,(H,12,18)(H2,14,15,17,19). The lowest BCUT2D eigenvalue weighted by molar-refractivity contribution is -0.128. The first kappa shape index (κ1) is 15.4. The van der Waals surface area contributed by atoms with E-state index in [9.17, 15) is 14.4 Å². The summed E-state index contributed by atoms with van der Waals surface area (Å²) in [5.41, 5.74) is 0. The first-order chi connectivity index (χ1) is 9.08. The fourth-order valence-corrected chi connectivity index (χ4v) is 1.92. The van der Waals surface area contributed by atoms with Crippen molar-refractivity contribution in [3.05, 3.63) is 0 Å². The van der Waals surface area contributed by atoms with Crippen LogP contribution in [0.15, 0.2) is 0 Å². The summed E-state index contributed by atoms with van der Waals surface area (Å²) in [6, 6.07) is -0.905. The topological polar surface area (TPSA) is 103 Å². The molecule has 0 aromatic carbocycles. The van der Waals surface area contributed by atoms with E-state index >= 15 is 0 Å². The molecule has 1 saturated heterocycles. The van der Waals surface area contributed by atoms with Crippen LogP contribution in [0.25, 0.3) is 0 Å². The minimum atomic E-state index is -0.515. The number of amides is 4. The fraction of sp³-hybridized carbons (Fsp3) is 0.727. The van der Waals surface area contributed by atoms with Crippen molar-refractivity contribution in [2.24, 2.45) is 0 Å². The second-order valence-electron chi connectivity index (χ2n) is 4.21. The van der Waals surface area contributed by atoms with Crippen LogP contribution >= 0.6 is 0 Å². The van der Waals surface area contributed by atoms with Crippen molar-refractivity contribution >= 4 is 17.8 Å². The van der Waals surface area contributed by atoms with Crippen LogP contribution in [-0.2, 0) is 9.59 Å². The number of piperazine rings is 1. The van der Waals surface area contributed by atoms with E-state index in [4.69, 9.17) is 0 Å². The van der Waals surface area contributed by atoms with Gasteiger partial charge in [0.25, 0.3) is 0 Å². The normalized spacial score (nSPS) is 19.6. The second kappa shape index (κ2) is 7.70. The zero-order valence-corrected chi connectivity index (χ0v) is 11.3. The molecule has 0 aromatic heterocycles. The van der Waals surface area contributed by atoms with Crippen molar-refractivity contribution in [3.8, 4) is 0 Å². The van der Waals surface area contributed by atoms with E-state index in [2.05, 4.69) is 21.3 Å². The minimum Gasteiger partial charge on any atom is -0.358 e. The molecule has 1 aliphatic heterocycles. The SMILES string of the molecule is CCNC(=O)NC(=O)CN1CCNCC1C(=O)NC. The molecule has 8 heteroatoms. The third kappa shape index (κ3) is 4.84. The molecule has 0 aromatic rings. The van der Waals surface area contributed by atoms with Crippen LogP contribution in [0.2, 0.25) is 0 Å². The van der Waals surface area contributed by atoms with Gasteiger partial charge in [0.2, 0.25) is 11.8 Å². The Morgan fingerprint density at radius 3 is 2.74 bits per heavy atom. The number of nitrogens with one attached hydrogen (secondary N) is 4. The predicted octanol–water partition coefficient (Wildman–Crippen LogP) is -2.15. The predicted molar refractivity (Wildman–Crippen MR) is 69.5 cm³/mol. The average Bonchev–Trinajstić information content (AvgIpc) is 2.38. The van der Waals surface area contributed by atoms with Gasteiger partial charge < -0.3 is 16.0 Å². The molecule has 4 amide bonds. The van der Waals surface area contributed by atoms with E-state index in [0.29, 0.717) is 26.2 Å². The maximum Gasteiger partial charge on any atom is 0.321 e. The van der Waals surface area contributed by atoms with E-state index in [-0.39, 0.29) is 12.5 Å². The van der Waals surface area contributed by atoms with Gasteiger partial charge in [-0.05, 0) is 6.92 Å². The summed E-state index contributed by atoms with van der Waals surface area (Å²) in [6.45, 7) is 4.03. The Bertz CT molecular complexity index is 347. The summed E-state index contributed by atoms with van der Waals surface area (Å²) < 4.78 is 0. The van der Waals surface area contributed by atoms with Crippen LogP contribution in [0.1, 0.15) is 6.92 Å². The molecule has 1 aliphatic rings. The zero-order valence-electron chi connectivity index (χ0n) is 11.3. The molecule has 1 atom stereocenters. The van der Waals surface area contributed by atoms with Crippen molar-refractivity contribution in [1.82, 2.24) is 26.2 Å². The van der Waals surface area contributed by atoms with Gasteiger partial charge >= 0.3 is 6.03 Å². The summed E-state index contributed by atoms with van der Waals surface area (Å²) in [5.74, 6) is -0.556. The number of hydrogen-bond acceptors (Lipinski definition) is 5. The number of hydrogen-bond donors (Lipinski definition) is 4. The summed E-state index contributed by atoms with van der Waals surface area (Å²) in [5, 5.41) is 10.4. The molecule has 8 nitrogen and oxygen atoms in total. The number of rotatable bonds is 4. The number of carbonyl (C=O) groups excluding carboxylic acids is 3. The molecule has 0 bridgehead atoms. The molecular formula is C11H21N5O3. The molecule has 1 unspecified atom stereocenters. The van der Waals surface area contributed by atoms with E-state index in [1.165, 1.54) is 0 Å². The minimum absolute atomic E-state index is 0.0247. The summed E-state index contributed by atoms with van der Waals surface area (Å²) in [4.78, 5) is 36.3. The highest BCUT2D eigenvalue weighted by Crippen LogP contribution is 2.02. The van der Waals surface area contributed by atoms with Crippen LogP contribution in [0.3, 0.4) is 0 Å². The van der Waals surface area contributed by atoms with Crippen LogP contribution < -0.4 is 21.3 Å². The van der Waals surface area contributed by atoms with Gasteiger partial charge in [0.05, 0.1) is 6.54 Å². The smallest absolute Gasteiger partial charge is 0.321 e. The Labute approximate surface area is 112 Å². The first-order valence-electron chi connectivity index (χ1n) is 6.32. The van der Waals surface area contributed by atoms with Gasteiger partial charge in [0.15, 0.2) is 0 Å². The lowest BCUT2D eigenvalue weighted by atomic mass is 10.1. The van der Waals surface area contributed by atoms with Gasteiger partial charge in [-0.3, -0.25) is 19.8 Å². The first-order valence-corrected chi connectivity index (χ1v) is 6.32. The van der Waals surface area contributed by atoms with Gasteiger partial charge in [-0.15, -0.1) is 0 Å². The number of likely N-dealkylation sites (N-methyl/N-ethyl adjacent to an activating group) is 1. The highest BCUT2D eigenvalue weighted by Gasteiger charge is 2.29. The zero-order chi connectivity index (χ0) is 14.3. The van der Waals surface area contributed by atoms with Crippen molar-refractivity contribution in [1.29, 1.82) is 0 Å². The van der Waals surface area contributed by atoms with E-state index in [1.54, 1.807) is 18.9 Å². The number of imide groups is 1. The highest BCUT2D eigenvalue weighted by molar-refractivity contribution is 5.95. The molecule has 1 rings (SSSR count). The summed E-state index contributed by atoms with van der Waals surface area (Å²) in [6.07, 6.45) is 0. The molecule has 0 aliphatic carbocycles. The monoisotopic (exact) mass is 271 g/mol. The third-order valence-corrected chi connectivity index (χ3v) is 2.84. The van der Waals surface area contributed by atoms with Gasteiger partial charge in [0, 0.05) is 33.2 Å². The Balaban J connectivity index is 2.50. The molecule has 0 saturated carbocycles. The Hall–Kier alpha value is -1.67. The molecule has 1 fully saturated rings. The maximum absolute atomic E-state index is 11.7. The van der Waals surface area contributed by atoms with Crippen LogP contribution in [-0.4, -0.2) is 68.6 Å². The van der Waals surface area contributed by atoms with Crippen molar-refractivity contribution in [2.75, 3.05) is 39.8 Å². The van der Waals surface area contributed by atoms with Crippen LogP contribution in [0, 0.1) is 0 Å². The van der Waals surface area contributed by atoms with Crippen molar-refractivity contribution in [2.45, 2.75) is 13.0 Å². The Kier molecular flexibility index (Phi) is 6.23. The van der Waals surface area contributed by atoms with Gasteiger partial charge in [-0.2, -0.15) is 0 Å². The molecule has 4 N–H and O–H groups in total. The molecule has 0 spiro atoms. The second-order valence-corrected chi connectivity index (χ2v) is 4.21. The molecule has 1 heterocycles. The molecular weight excluding hydrogens is 250 g/mol. The number of urea groups is 1. The molecule has 108 valence electrons. The fourth-order valence-electron chi connectivity index (χ4n) is 1.92. The van der Waals surface area contributed by atoms with Gasteiger partial charge in [-0.25, -0.2) is 4.79 Å². The highest BCUT2D eigenvalue weighted by atomic mass is 16.2. The largest absolute Gasteiger partial charge is 0.358 e. The van der Waals surface area contributed by atoms with Gasteiger partial charge in [-0.1, -0.05) is 0 Å². The van der Waals surface area contributed by atoms with Gasteiger partial charge in [0.1, 0.15) is 6.04 Å². The number of carbonyl (C=O) groups is 3. The van der Waals surface area contributed by atoms with Crippen molar-refractivity contribution < 1.29 is 14.4 Å². The lowest BCUT2D eigenvalue weighted by Crippen LogP contribution is -2.59. The Morgan fingerprint density at radius 2 is 2.11 bits per heavy atom. The van der Waals surface area contributed by atoms with Crippen molar-refractivity contribution in [3.63, 3.8) is 0 Å². The summed E-state index contributed by atoms with van der Waals surface area (Å²) in [7, 11) is 1.56. The Morgan fingerprint density at radius 1 is 1.37 bits per heavy atom. The quantitative estimate of drug-likeness (QED) is 0.467. The molecule has 19 heavy (non-hydrogen) atoms. The lowest BCUT2D eigenvalue weighted by Gasteiger charge is -2.34. The summed E-state index contributed by atoms with van der Waals surface area (Å²) >= 11 is 0. The van der Waals surface area contributed by atoms with E-state index in [0.717, 1.165) is 0 Å². The molecule has 0 radical (unpaired) electrons. The van der Waals surface area contributed by atoms with Crippen LogP contribution in [0.5, 0.6) is 0 Å².